The number of H-pyrrole nitrogens is 1. The molecular weight excluding hydrogens is 247 g/mol. The number of hydrogen-bond acceptors (Lipinski definition) is 3. The molecule has 0 aliphatic heterocycles. The van der Waals surface area contributed by atoms with Gasteiger partial charge in [0.25, 0.3) is 0 Å². The van der Waals surface area contributed by atoms with Gasteiger partial charge in [-0.15, -0.1) is 0 Å². The van der Waals surface area contributed by atoms with Gasteiger partial charge in [-0.05, 0) is 20.8 Å². The zero-order valence-electron chi connectivity index (χ0n) is 10.7. The molecule has 0 aromatic carbocycles. The Morgan fingerprint density at radius 2 is 2.00 bits per heavy atom. The first-order valence-electron chi connectivity index (χ1n) is 5.58. The number of nitrogens with zero attached hydrogens (tertiary/aromatic N) is 1. The number of alkyl halides is 3. The van der Waals surface area contributed by atoms with Gasteiger partial charge < -0.3 is 15.0 Å². The molecule has 1 heterocycles. The Kier molecular flexibility index (Phi) is 4.75. The molecule has 0 aliphatic rings. The zero-order chi connectivity index (χ0) is 13.8. The van der Waals surface area contributed by atoms with Crippen LogP contribution >= 0.6 is 0 Å². The molecule has 0 spiro atoms. The van der Waals surface area contributed by atoms with Crippen molar-refractivity contribution in [2.75, 3.05) is 6.61 Å². The van der Waals surface area contributed by atoms with Gasteiger partial charge in [0.2, 0.25) is 0 Å². The number of hydrogen-bond donors (Lipinski definition) is 2. The SMILES string of the molecule is CC(C)(C)NCc1cnc(COCC(F)(F)F)[nH]1. The number of halogens is 3. The van der Waals surface area contributed by atoms with Crippen LogP contribution in [0.15, 0.2) is 6.20 Å². The summed E-state index contributed by atoms with van der Waals surface area (Å²) in [6.07, 6.45) is -2.71. The molecular formula is C11H18F3N3O. The Hall–Kier alpha value is -1.08. The Balaban J connectivity index is 2.35. The fourth-order valence-electron chi connectivity index (χ4n) is 1.19. The van der Waals surface area contributed by atoms with Crippen molar-refractivity contribution in [3.8, 4) is 0 Å². The van der Waals surface area contributed by atoms with Crippen LogP contribution in [0.4, 0.5) is 13.2 Å². The summed E-state index contributed by atoms with van der Waals surface area (Å²) in [5.74, 6) is 0.393. The highest BCUT2D eigenvalue weighted by atomic mass is 19.4. The second-order valence-electron chi connectivity index (χ2n) is 5.07. The maximum Gasteiger partial charge on any atom is 0.411 e. The molecule has 1 aromatic rings. The molecule has 0 saturated carbocycles. The number of ether oxygens (including phenoxy) is 1. The van der Waals surface area contributed by atoms with Crippen LogP contribution in [0.25, 0.3) is 0 Å². The minimum Gasteiger partial charge on any atom is -0.364 e. The van der Waals surface area contributed by atoms with Crippen molar-refractivity contribution >= 4 is 0 Å². The number of aromatic nitrogens is 2. The molecule has 0 radical (unpaired) electrons. The lowest BCUT2D eigenvalue weighted by atomic mass is 10.1. The molecule has 0 amide bonds. The average Bonchev–Trinajstić information content (AvgIpc) is 2.60. The molecule has 0 saturated heterocycles. The summed E-state index contributed by atoms with van der Waals surface area (Å²) in [5, 5.41) is 3.24. The Labute approximate surface area is 104 Å². The van der Waals surface area contributed by atoms with Crippen LogP contribution < -0.4 is 5.32 Å². The van der Waals surface area contributed by atoms with Gasteiger partial charge >= 0.3 is 6.18 Å². The van der Waals surface area contributed by atoms with Crippen molar-refractivity contribution in [2.45, 2.75) is 45.6 Å². The van der Waals surface area contributed by atoms with Gasteiger partial charge in [0, 0.05) is 24.0 Å². The first-order valence-corrected chi connectivity index (χ1v) is 5.58. The monoisotopic (exact) mass is 265 g/mol. The first kappa shape index (κ1) is 15.0. The minimum absolute atomic E-state index is 0.0297. The molecule has 0 aliphatic carbocycles. The summed E-state index contributed by atoms with van der Waals surface area (Å²) in [6.45, 7) is 5.22. The molecule has 0 fully saturated rings. The summed E-state index contributed by atoms with van der Waals surface area (Å²) in [7, 11) is 0. The summed E-state index contributed by atoms with van der Waals surface area (Å²) < 4.78 is 40.1. The summed E-state index contributed by atoms with van der Waals surface area (Å²) in [4.78, 5) is 6.85. The van der Waals surface area contributed by atoms with Crippen LogP contribution in [0.3, 0.4) is 0 Å². The fourth-order valence-corrected chi connectivity index (χ4v) is 1.19. The van der Waals surface area contributed by atoms with E-state index in [-0.39, 0.29) is 12.1 Å². The summed E-state index contributed by atoms with van der Waals surface area (Å²) in [6, 6.07) is 0. The van der Waals surface area contributed by atoms with Crippen molar-refractivity contribution in [1.82, 2.24) is 15.3 Å². The predicted octanol–water partition coefficient (Wildman–Crippen LogP) is 2.38. The van der Waals surface area contributed by atoms with Gasteiger partial charge in [-0.25, -0.2) is 4.98 Å². The standard InChI is InChI=1S/C11H18F3N3O/c1-10(2,3)16-5-8-4-15-9(17-8)6-18-7-11(12,13)14/h4,16H,5-7H2,1-3H3,(H,15,17). The Bertz CT molecular complexity index is 368. The van der Waals surface area contributed by atoms with E-state index in [9.17, 15) is 13.2 Å². The van der Waals surface area contributed by atoms with Crippen molar-refractivity contribution < 1.29 is 17.9 Å². The van der Waals surface area contributed by atoms with E-state index in [2.05, 4.69) is 20.0 Å². The molecule has 18 heavy (non-hydrogen) atoms. The van der Waals surface area contributed by atoms with Crippen molar-refractivity contribution in [1.29, 1.82) is 0 Å². The lowest BCUT2D eigenvalue weighted by molar-refractivity contribution is -0.177. The molecule has 7 heteroatoms. The highest BCUT2D eigenvalue weighted by Gasteiger charge is 2.27. The minimum atomic E-state index is -4.30. The number of rotatable bonds is 5. The number of imidazole rings is 1. The lowest BCUT2D eigenvalue weighted by Gasteiger charge is -2.19. The molecule has 4 nitrogen and oxygen atoms in total. The normalized spacial score (nSPS) is 13.0. The molecule has 2 N–H and O–H groups in total. The van der Waals surface area contributed by atoms with E-state index in [0.29, 0.717) is 12.4 Å². The van der Waals surface area contributed by atoms with E-state index < -0.39 is 12.8 Å². The van der Waals surface area contributed by atoms with Crippen molar-refractivity contribution in [3.05, 3.63) is 17.7 Å². The summed E-state index contributed by atoms with van der Waals surface area (Å²) in [5.41, 5.74) is 0.786. The van der Waals surface area contributed by atoms with Gasteiger partial charge in [-0.1, -0.05) is 0 Å². The van der Waals surface area contributed by atoms with Gasteiger partial charge in [-0.3, -0.25) is 0 Å². The third-order valence-electron chi connectivity index (χ3n) is 1.99. The van der Waals surface area contributed by atoms with Gasteiger partial charge in [0.15, 0.2) is 0 Å². The van der Waals surface area contributed by atoms with Crippen molar-refractivity contribution in [3.63, 3.8) is 0 Å². The van der Waals surface area contributed by atoms with Crippen molar-refractivity contribution in [2.24, 2.45) is 0 Å². The van der Waals surface area contributed by atoms with E-state index in [0.717, 1.165) is 5.69 Å². The van der Waals surface area contributed by atoms with Crippen LogP contribution in [-0.4, -0.2) is 28.3 Å². The molecule has 104 valence electrons. The third-order valence-corrected chi connectivity index (χ3v) is 1.99. The van der Waals surface area contributed by atoms with Gasteiger partial charge in [0.1, 0.15) is 19.0 Å². The molecule has 0 unspecified atom stereocenters. The highest BCUT2D eigenvalue weighted by molar-refractivity contribution is 5.00. The molecule has 1 rings (SSSR count). The largest absolute Gasteiger partial charge is 0.411 e. The van der Waals surface area contributed by atoms with Crippen LogP contribution in [-0.2, 0) is 17.9 Å². The van der Waals surface area contributed by atoms with E-state index in [4.69, 9.17) is 0 Å². The van der Waals surface area contributed by atoms with E-state index >= 15 is 0 Å². The Morgan fingerprint density at radius 3 is 2.56 bits per heavy atom. The zero-order valence-corrected chi connectivity index (χ0v) is 10.7. The maximum absolute atomic E-state index is 11.8. The Morgan fingerprint density at radius 1 is 1.33 bits per heavy atom. The van der Waals surface area contributed by atoms with E-state index in [1.54, 1.807) is 6.20 Å². The predicted molar refractivity (Wildman–Crippen MR) is 60.9 cm³/mol. The first-order chi connectivity index (χ1) is 8.16. The molecule has 0 atom stereocenters. The lowest BCUT2D eigenvalue weighted by Crippen LogP contribution is -2.35. The quantitative estimate of drug-likeness (QED) is 0.859. The number of aromatic amines is 1. The third kappa shape index (κ3) is 6.61. The summed E-state index contributed by atoms with van der Waals surface area (Å²) >= 11 is 0. The van der Waals surface area contributed by atoms with Crippen LogP contribution in [0.1, 0.15) is 32.3 Å². The van der Waals surface area contributed by atoms with E-state index in [1.165, 1.54) is 0 Å². The molecule has 1 aromatic heterocycles. The van der Waals surface area contributed by atoms with Crippen LogP contribution in [0.5, 0.6) is 0 Å². The topological polar surface area (TPSA) is 49.9 Å². The van der Waals surface area contributed by atoms with Gasteiger partial charge in [-0.2, -0.15) is 13.2 Å². The smallest absolute Gasteiger partial charge is 0.364 e. The average molecular weight is 265 g/mol. The van der Waals surface area contributed by atoms with Crippen LogP contribution in [0, 0.1) is 0 Å². The van der Waals surface area contributed by atoms with Gasteiger partial charge in [0.05, 0.1) is 0 Å². The van der Waals surface area contributed by atoms with E-state index in [1.807, 2.05) is 20.8 Å². The fraction of sp³-hybridized carbons (Fsp3) is 0.727. The number of nitrogens with one attached hydrogen (secondary N) is 2. The second-order valence-corrected chi connectivity index (χ2v) is 5.07. The maximum atomic E-state index is 11.8. The van der Waals surface area contributed by atoms with Crippen LogP contribution in [0.2, 0.25) is 0 Å². The second kappa shape index (κ2) is 5.71. The molecule has 0 bridgehead atoms. The highest BCUT2D eigenvalue weighted by Crippen LogP contribution is 2.15.